The minimum absolute atomic E-state index is 0.131. The average molecular weight is 233 g/mol. The first-order valence-corrected chi connectivity index (χ1v) is 5.81. The molecule has 1 N–H and O–H groups in total. The first-order chi connectivity index (χ1) is 8.24. The Balaban J connectivity index is 2.07. The predicted molar refractivity (Wildman–Crippen MR) is 63.9 cm³/mol. The zero-order valence-corrected chi connectivity index (χ0v) is 9.91. The minimum atomic E-state index is -0.372. The van der Waals surface area contributed by atoms with Crippen LogP contribution >= 0.6 is 0 Å². The van der Waals surface area contributed by atoms with Crippen LogP contribution in [0.5, 0.6) is 0 Å². The molecule has 1 aliphatic rings. The number of nitriles is 1. The summed E-state index contributed by atoms with van der Waals surface area (Å²) in [6.45, 7) is 2.49. The summed E-state index contributed by atoms with van der Waals surface area (Å²) in [7, 11) is 1.95. The molecule has 0 radical (unpaired) electrons. The summed E-state index contributed by atoms with van der Waals surface area (Å²) in [5, 5.41) is 12.0. The summed E-state index contributed by atoms with van der Waals surface area (Å²) in [6, 6.07) is 7.38. The summed E-state index contributed by atoms with van der Waals surface area (Å²) in [6.07, 6.45) is 1.09. The first-order valence-electron chi connectivity index (χ1n) is 5.81. The van der Waals surface area contributed by atoms with Gasteiger partial charge in [-0.15, -0.1) is 0 Å². The third kappa shape index (κ3) is 2.63. The molecule has 0 bridgehead atoms. The van der Waals surface area contributed by atoms with Crippen molar-refractivity contribution in [3.8, 4) is 6.07 Å². The van der Waals surface area contributed by atoms with Crippen molar-refractivity contribution in [2.75, 3.05) is 20.1 Å². The lowest BCUT2D eigenvalue weighted by molar-refractivity contribution is 0.317. The van der Waals surface area contributed by atoms with E-state index >= 15 is 0 Å². The van der Waals surface area contributed by atoms with E-state index in [1.165, 1.54) is 6.07 Å². The molecule has 1 aliphatic heterocycles. The highest BCUT2D eigenvalue weighted by molar-refractivity contribution is 5.34. The van der Waals surface area contributed by atoms with Crippen LogP contribution in [0.3, 0.4) is 0 Å². The molecule has 2 rings (SSSR count). The summed E-state index contributed by atoms with van der Waals surface area (Å²) in [4.78, 5) is 2.21. The highest BCUT2D eigenvalue weighted by atomic mass is 19.1. The Morgan fingerprint density at radius 2 is 2.41 bits per heavy atom. The van der Waals surface area contributed by atoms with E-state index in [1.54, 1.807) is 12.1 Å². The monoisotopic (exact) mass is 233 g/mol. The van der Waals surface area contributed by atoms with E-state index in [0.29, 0.717) is 18.2 Å². The fraction of sp³-hybridized carbons (Fsp3) is 0.462. The average Bonchev–Trinajstić information content (AvgIpc) is 2.79. The molecule has 1 heterocycles. The lowest BCUT2D eigenvalue weighted by atomic mass is 10.1. The van der Waals surface area contributed by atoms with Crippen LogP contribution < -0.4 is 5.32 Å². The topological polar surface area (TPSA) is 39.1 Å². The molecule has 0 saturated carbocycles. The van der Waals surface area contributed by atoms with Crippen LogP contribution in [0.1, 0.15) is 17.5 Å². The molecular formula is C13H16FN3. The zero-order chi connectivity index (χ0) is 12.3. The van der Waals surface area contributed by atoms with Gasteiger partial charge >= 0.3 is 0 Å². The number of hydrogen-bond acceptors (Lipinski definition) is 3. The van der Waals surface area contributed by atoms with Gasteiger partial charge in [0.1, 0.15) is 11.9 Å². The lowest BCUT2D eigenvalue weighted by Crippen LogP contribution is -2.29. The number of nitrogens with one attached hydrogen (secondary N) is 1. The Kier molecular flexibility index (Phi) is 3.72. The molecular weight excluding hydrogens is 217 g/mol. The normalized spacial score (nSPS) is 20.4. The quantitative estimate of drug-likeness (QED) is 0.859. The molecule has 0 aliphatic carbocycles. The van der Waals surface area contributed by atoms with Gasteiger partial charge in [0.15, 0.2) is 0 Å². The van der Waals surface area contributed by atoms with Crippen molar-refractivity contribution in [2.45, 2.75) is 19.0 Å². The van der Waals surface area contributed by atoms with Crippen LogP contribution in [0, 0.1) is 17.1 Å². The van der Waals surface area contributed by atoms with Gasteiger partial charge in [-0.1, -0.05) is 12.1 Å². The van der Waals surface area contributed by atoms with Crippen LogP contribution in [0.4, 0.5) is 4.39 Å². The van der Waals surface area contributed by atoms with Crippen molar-refractivity contribution in [2.24, 2.45) is 0 Å². The van der Waals surface area contributed by atoms with Gasteiger partial charge < -0.3 is 5.32 Å². The maximum absolute atomic E-state index is 13.8. The molecule has 0 amide bonds. The largest absolute Gasteiger partial charge is 0.316 e. The molecule has 4 heteroatoms. The van der Waals surface area contributed by atoms with Crippen molar-refractivity contribution in [3.05, 3.63) is 35.1 Å². The molecule has 1 fully saturated rings. The van der Waals surface area contributed by atoms with Gasteiger partial charge in [0.2, 0.25) is 0 Å². The van der Waals surface area contributed by atoms with Crippen LogP contribution in [-0.2, 0) is 6.54 Å². The fourth-order valence-electron chi connectivity index (χ4n) is 2.24. The van der Waals surface area contributed by atoms with Crippen molar-refractivity contribution in [3.63, 3.8) is 0 Å². The lowest BCUT2D eigenvalue weighted by Gasteiger charge is -2.16. The van der Waals surface area contributed by atoms with Gasteiger partial charge in [-0.05, 0) is 19.5 Å². The number of hydrogen-bond donors (Lipinski definition) is 1. The molecule has 1 aromatic carbocycles. The smallest absolute Gasteiger partial charge is 0.145 e. The minimum Gasteiger partial charge on any atom is -0.316 e. The molecule has 0 spiro atoms. The van der Waals surface area contributed by atoms with Crippen LogP contribution in [-0.4, -0.2) is 31.1 Å². The second kappa shape index (κ2) is 5.26. The third-order valence-electron chi connectivity index (χ3n) is 3.27. The Labute approximate surface area is 101 Å². The molecule has 1 aromatic rings. The summed E-state index contributed by atoms with van der Waals surface area (Å²) in [5.74, 6) is -0.372. The summed E-state index contributed by atoms with van der Waals surface area (Å²) >= 11 is 0. The van der Waals surface area contributed by atoms with E-state index in [-0.39, 0.29) is 11.4 Å². The van der Waals surface area contributed by atoms with Gasteiger partial charge in [0.25, 0.3) is 0 Å². The van der Waals surface area contributed by atoms with Gasteiger partial charge in [-0.25, -0.2) is 4.39 Å². The number of benzene rings is 1. The van der Waals surface area contributed by atoms with Gasteiger partial charge in [-0.2, -0.15) is 5.26 Å². The van der Waals surface area contributed by atoms with Crippen molar-refractivity contribution in [1.29, 1.82) is 5.26 Å². The molecule has 0 aromatic heterocycles. The number of halogens is 1. The maximum atomic E-state index is 13.8. The van der Waals surface area contributed by atoms with E-state index in [9.17, 15) is 4.39 Å². The fourth-order valence-corrected chi connectivity index (χ4v) is 2.24. The highest BCUT2D eigenvalue weighted by Crippen LogP contribution is 2.17. The molecule has 1 saturated heterocycles. The Bertz CT molecular complexity index is 439. The van der Waals surface area contributed by atoms with Crippen LogP contribution in [0.25, 0.3) is 0 Å². The first kappa shape index (κ1) is 12.0. The number of rotatable bonds is 3. The van der Waals surface area contributed by atoms with E-state index in [1.807, 2.05) is 13.1 Å². The molecule has 1 atom stereocenters. The number of nitrogens with zero attached hydrogens (tertiary/aromatic N) is 2. The van der Waals surface area contributed by atoms with Gasteiger partial charge in [0, 0.05) is 31.2 Å². The Morgan fingerprint density at radius 3 is 3.06 bits per heavy atom. The molecule has 90 valence electrons. The van der Waals surface area contributed by atoms with E-state index in [2.05, 4.69) is 10.2 Å². The molecule has 17 heavy (non-hydrogen) atoms. The van der Waals surface area contributed by atoms with Crippen molar-refractivity contribution >= 4 is 0 Å². The third-order valence-corrected chi connectivity index (χ3v) is 3.27. The highest BCUT2D eigenvalue weighted by Gasteiger charge is 2.22. The van der Waals surface area contributed by atoms with Crippen LogP contribution in [0.2, 0.25) is 0 Å². The van der Waals surface area contributed by atoms with E-state index in [4.69, 9.17) is 5.26 Å². The Hall–Kier alpha value is -1.44. The molecule has 3 nitrogen and oxygen atoms in total. The SMILES string of the molecule is CNC1CCN(Cc2cccc(C#N)c2F)C1. The van der Waals surface area contributed by atoms with E-state index in [0.717, 1.165) is 19.5 Å². The number of likely N-dealkylation sites (tertiary alicyclic amines) is 1. The van der Waals surface area contributed by atoms with Gasteiger partial charge in [0.05, 0.1) is 5.56 Å². The van der Waals surface area contributed by atoms with E-state index < -0.39 is 0 Å². The maximum Gasteiger partial charge on any atom is 0.145 e. The van der Waals surface area contributed by atoms with Crippen LogP contribution in [0.15, 0.2) is 18.2 Å². The predicted octanol–water partition coefficient (Wildman–Crippen LogP) is 1.49. The molecule has 1 unspecified atom stereocenters. The summed E-state index contributed by atoms with van der Waals surface area (Å²) < 4.78 is 13.8. The number of likely N-dealkylation sites (N-methyl/N-ethyl adjacent to an activating group) is 1. The second-order valence-corrected chi connectivity index (χ2v) is 4.40. The van der Waals surface area contributed by atoms with Crippen molar-refractivity contribution in [1.82, 2.24) is 10.2 Å². The second-order valence-electron chi connectivity index (χ2n) is 4.40. The van der Waals surface area contributed by atoms with Crippen molar-refractivity contribution < 1.29 is 4.39 Å². The Morgan fingerprint density at radius 1 is 1.59 bits per heavy atom. The summed E-state index contributed by atoms with van der Waals surface area (Å²) in [5.41, 5.74) is 0.743. The van der Waals surface area contributed by atoms with Gasteiger partial charge in [-0.3, -0.25) is 4.90 Å². The standard InChI is InChI=1S/C13H16FN3/c1-16-12-5-6-17(9-12)8-11-4-2-3-10(7-15)13(11)14/h2-4,12,16H,5-6,8-9H2,1H3. The zero-order valence-electron chi connectivity index (χ0n) is 9.91.